The summed E-state index contributed by atoms with van der Waals surface area (Å²) in [5.41, 5.74) is 0.160. The van der Waals surface area contributed by atoms with Crippen LogP contribution in [0.25, 0.3) is 0 Å². The fourth-order valence-electron chi connectivity index (χ4n) is 1.76. The van der Waals surface area contributed by atoms with Crippen molar-refractivity contribution in [3.05, 3.63) is 60.4 Å². The highest BCUT2D eigenvalue weighted by atomic mass is 19.1. The van der Waals surface area contributed by atoms with Gasteiger partial charge in [0.25, 0.3) is 5.91 Å². The molecule has 1 atom stereocenters. The molecule has 4 heteroatoms. The maximum atomic E-state index is 13.5. The van der Waals surface area contributed by atoms with Gasteiger partial charge in [0.15, 0.2) is 6.10 Å². The molecule has 1 unspecified atom stereocenters. The van der Waals surface area contributed by atoms with Crippen molar-refractivity contribution in [3.63, 3.8) is 0 Å². The van der Waals surface area contributed by atoms with Gasteiger partial charge in [0, 0.05) is 0 Å². The molecule has 0 spiro atoms. The molecular formula is C16H16FNO2. The van der Waals surface area contributed by atoms with Gasteiger partial charge in [-0.05, 0) is 30.7 Å². The Morgan fingerprint density at radius 3 is 2.45 bits per heavy atom. The lowest BCUT2D eigenvalue weighted by Gasteiger charge is -2.17. The van der Waals surface area contributed by atoms with Crippen molar-refractivity contribution < 1.29 is 13.9 Å². The number of nitrogens with one attached hydrogen (secondary N) is 1. The second kappa shape index (κ2) is 6.70. The molecule has 2 rings (SSSR count). The topological polar surface area (TPSA) is 38.3 Å². The highest BCUT2D eigenvalue weighted by Crippen LogP contribution is 2.16. The van der Waals surface area contributed by atoms with E-state index < -0.39 is 11.9 Å². The Morgan fingerprint density at radius 1 is 1.15 bits per heavy atom. The third kappa shape index (κ3) is 3.57. The van der Waals surface area contributed by atoms with Gasteiger partial charge in [0.1, 0.15) is 11.6 Å². The molecule has 0 saturated carbocycles. The van der Waals surface area contributed by atoms with Crippen LogP contribution in [0.1, 0.15) is 13.3 Å². The highest BCUT2D eigenvalue weighted by molar-refractivity contribution is 5.94. The van der Waals surface area contributed by atoms with Gasteiger partial charge in [-0.3, -0.25) is 4.79 Å². The van der Waals surface area contributed by atoms with Crippen LogP contribution in [-0.4, -0.2) is 12.0 Å². The summed E-state index contributed by atoms with van der Waals surface area (Å²) < 4.78 is 19.1. The van der Waals surface area contributed by atoms with Gasteiger partial charge in [-0.15, -0.1) is 0 Å². The highest BCUT2D eigenvalue weighted by Gasteiger charge is 2.19. The zero-order valence-corrected chi connectivity index (χ0v) is 11.2. The number of hydrogen-bond acceptors (Lipinski definition) is 2. The van der Waals surface area contributed by atoms with Gasteiger partial charge in [-0.25, -0.2) is 4.39 Å². The molecule has 2 aromatic carbocycles. The van der Waals surface area contributed by atoms with Crippen LogP contribution in [0.3, 0.4) is 0 Å². The number of anilines is 1. The van der Waals surface area contributed by atoms with E-state index in [0.717, 1.165) is 0 Å². The summed E-state index contributed by atoms with van der Waals surface area (Å²) in [5, 5.41) is 2.54. The van der Waals surface area contributed by atoms with E-state index in [4.69, 9.17) is 4.74 Å². The Morgan fingerprint density at radius 2 is 1.80 bits per heavy atom. The molecule has 3 nitrogen and oxygen atoms in total. The number of ether oxygens (including phenoxy) is 1. The van der Waals surface area contributed by atoms with E-state index in [9.17, 15) is 9.18 Å². The molecule has 0 aliphatic carbocycles. The van der Waals surface area contributed by atoms with Crippen molar-refractivity contribution in [1.29, 1.82) is 0 Å². The second-order valence-corrected chi connectivity index (χ2v) is 4.30. The van der Waals surface area contributed by atoms with Crippen molar-refractivity contribution in [1.82, 2.24) is 0 Å². The summed E-state index contributed by atoms with van der Waals surface area (Å²) in [4.78, 5) is 12.1. The SMILES string of the molecule is CCC(Oc1ccccc1)C(=O)Nc1ccccc1F. The number of para-hydroxylation sites is 2. The number of halogens is 1. The molecule has 104 valence electrons. The minimum absolute atomic E-state index is 0.160. The Labute approximate surface area is 117 Å². The van der Waals surface area contributed by atoms with Gasteiger partial charge in [0.05, 0.1) is 5.69 Å². The third-order valence-electron chi connectivity index (χ3n) is 2.82. The average Bonchev–Trinajstić information content (AvgIpc) is 2.48. The standard InChI is InChI=1S/C16H16FNO2/c1-2-15(20-12-8-4-3-5-9-12)16(19)18-14-11-7-6-10-13(14)17/h3-11,15H,2H2,1H3,(H,18,19). The molecule has 0 aliphatic heterocycles. The molecule has 0 heterocycles. The van der Waals surface area contributed by atoms with E-state index >= 15 is 0 Å². The Bertz CT molecular complexity index is 572. The van der Waals surface area contributed by atoms with Crippen LogP contribution in [0.2, 0.25) is 0 Å². The summed E-state index contributed by atoms with van der Waals surface area (Å²) in [6, 6.07) is 15.1. The minimum atomic E-state index is -0.656. The third-order valence-corrected chi connectivity index (χ3v) is 2.82. The number of hydrogen-bond donors (Lipinski definition) is 1. The molecule has 0 aliphatic rings. The van der Waals surface area contributed by atoms with Crippen LogP contribution in [0, 0.1) is 5.82 Å². The molecule has 0 saturated heterocycles. The smallest absolute Gasteiger partial charge is 0.265 e. The van der Waals surface area contributed by atoms with E-state index in [2.05, 4.69) is 5.32 Å². The number of amides is 1. The largest absolute Gasteiger partial charge is 0.481 e. The summed E-state index contributed by atoms with van der Waals surface area (Å²) in [6.45, 7) is 1.84. The molecule has 0 aromatic heterocycles. The van der Waals surface area contributed by atoms with E-state index in [1.807, 2.05) is 25.1 Å². The summed E-state index contributed by atoms with van der Waals surface area (Å²) in [7, 11) is 0. The van der Waals surface area contributed by atoms with Crippen LogP contribution in [0.5, 0.6) is 5.75 Å². The summed E-state index contributed by atoms with van der Waals surface area (Å²) in [6.07, 6.45) is -0.160. The van der Waals surface area contributed by atoms with Crippen LogP contribution in [0.15, 0.2) is 54.6 Å². The van der Waals surface area contributed by atoms with Crippen LogP contribution in [0.4, 0.5) is 10.1 Å². The fraction of sp³-hybridized carbons (Fsp3) is 0.188. The Kier molecular flexibility index (Phi) is 4.71. The van der Waals surface area contributed by atoms with Gasteiger partial charge >= 0.3 is 0 Å². The van der Waals surface area contributed by atoms with Crippen LogP contribution >= 0.6 is 0 Å². The second-order valence-electron chi connectivity index (χ2n) is 4.30. The van der Waals surface area contributed by atoms with Crippen molar-refractivity contribution >= 4 is 11.6 Å². The van der Waals surface area contributed by atoms with Crippen molar-refractivity contribution in [2.24, 2.45) is 0 Å². The monoisotopic (exact) mass is 273 g/mol. The fourth-order valence-corrected chi connectivity index (χ4v) is 1.76. The predicted octanol–water partition coefficient (Wildman–Crippen LogP) is 3.62. The normalized spacial score (nSPS) is 11.7. The molecule has 20 heavy (non-hydrogen) atoms. The zero-order chi connectivity index (χ0) is 14.4. The maximum absolute atomic E-state index is 13.5. The number of rotatable bonds is 5. The molecule has 2 aromatic rings. The Hall–Kier alpha value is -2.36. The van der Waals surface area contributed by atoms with Gasteiger partial charge in [0.2, 0.25) is 0 Å². The zero-order valence-electron chi connectivity index (χ0n) is 11.2. The lowest BCUT2D eigenvalue weighted by molar-refractivity contribution is -0.122. The van der Waals surface area contributed by atoms with E-state index in [1.54, 1.807) is 24.3 Å². The number of carbonyl (C=O) groups excluding carboxylic acids is 1. The average molecular weight is 273 g/mol. The maximum Gasteiger partial charge on any atom is 0.265 e. The van der Waals surface area contributed by atoms with E-state index in [0.29, 0.717) is 12.2 Å². The van der Waals surface area contributed by atoms with E-state index in [-0.39, 0.29) is 11.6 Å². The van der Waals surface area contributed by atoms with Gasteiger partial charge < -0.3 is 10.1 Å². The van der Waals surface area contributed by atoms with Crippen molar-refractivity contribution in [2.45, 2.75) is 19.4 Å². The first-order chi connectivity index (χ1) is 9.70. The molecular weight excluding hydrogens is 257 g/mol. The Balaban J connectivity index is 2.04. The quantitative estimate of drug-likeness (QED) is 0.903. The van der Waals surface area contributed by atoms with Crippen molar-refractivity contribution in [3.8, 4) is 5.75 Å². The van der Waals surface area contributed by atoms with E-state index in [1.165, 1.54) is 12.1 Å². The molecule has 0 radical (unpaired) electrons. The molecule has 1 amide bonds. The lowest BCUT2D eigenvalue weighted by atomic mass is 10.2. The minimum Gasteiger partial charge on any atom is -0.481 e. The van der Waals surface area contributed by atoms with Crippen molar-refractivity contribution in [2.75, 3.05) is 5.32 Å². The summed E-state index contributed by atoms with van der Waals surface area (Å²) >= 11 is 0. The molecule has 1 N–H and O–H groups in total. The van der Waals surface area contributed by atoms with Crippen LogP contribution < -0.4 is 10.1 Å². The first-order valence-corrected chi connectivity index (χ1v) is 6.47. The molecule has 0 fully saturated rings. The lowest BCUT2D eigenvalue weighted by Crippen LogP contribution is -2.32. The number of carbonyl (C=O) groups is 1. The summed E-state index contributed by atoms with van der Waals surface area (Å²) in [5.74, 6) is -0.208. The van der Waals surface area contributed by atoms with Crippen LogP contribution in [-0.2, 0) is 4.79 Å². The first kappa shape index (κ1) is 14.1. The number of benzene rings is 2. The first-order valence-electron chi connectivity index (χ1n) is 6.47. The van der Waals surface area contributed by atoms with Gasteiger partial charge in [-0.1, -0.05) is 37.3 Å². The molecule has 0 bridgehead atoms. The predicted molar refractivity (Wildman–Crippen MR) is 76.2 cm³/mol. The van der Waals surface area contributed by atoms with Gasteiger partial charge in [-0.2, -0.15) is 0 Å².